The molecule has 1 fully saturated rings. The number of rotatable bonds is 6. The smallest absolute Gasteiger partial charge is 0.243 e. The zero-order chi connectivity index (χ0) is 21.0. The number of benzene rings is 2. The van der Waals surface area contributed by atoms with Crippen LogP contribution in [0.4, 0.5) is 5.69 Å². The minimum absolute atomic E-state index is 0.149. The Bertz CT molecular complexity index is 949. The number of ether oxygens (including phenoxy) is 2. The van der Waals surface area contributed by atoms with Gasteiger partial charge in [-0.1, -0.05) is 12.1 Å². The van der Waals surface area contributed by atoms with Crippen molar-refractivity contribution in [2.45, 2.75) is 37.4 Å². The second-order valence-corrected chi connectivity index (χ2v) is 9.12. The summed E-state index contributed by atoms with van der Waals surface area (Å²) in [5.74, 6) is 0.501. The lowest BCUT2D eigenvalue weighted by Gasteiger charge is -2.34. The molecular weight excluding hydrogens is 392 g/mol. The Labute approximate surface area is 171 Å². The summed E-state index contributed by atoms with van der Waals surface area (Å²) < 4.78 is 38.0. The third-order valence-corrected chi connectivity index (χ3v) is 6.51. The maximum absolute atomic E-state index is 12.9. The first kappa shape index (κ1) is 21.3. The van der Waals surface area contributed by atoms with E-state index in [0.717, 1.165) is 5.56 Å². The third-order valence-electron chi connectivity index (χ3n) is 4.66. The highest BCUT2D eigenvalue weighted by molar-refractivity contribution is 7.89. The summed E-state index contributed by atoms with van der Waals surface area (Å²) in [4.78, 5) is 12.5. The molecule has 1 aliphatic rings. The van der Waals surface area contributed by atoms with Gasteiger partial charge in [-0.25, -0.2) is 8.42 Å². The minimum Gasteiger partial charge on any atom is -0.497 e. The van der Waals surface area contributed by atoms with Gasteiger partial charge in [-0.05, 0) is 55.8 Å². The molecule has 2 aromatic rings. The molecule has 2 atom stereocenters. The molecule has 7 nitrogen and oxygen atoms in total. The van der Waals surface area contributed by atoms with Gasteiger partial charge in [0.2, 0.25) is 15.9 Å². The van der Waals surface area contributed by atoms with Crippen LogP contribution in [0.1, 0.15) is 19.4 Å². The van der Waals surface area contributed by atoms with Crippen LogP contribution in [-0.2, 0) is 26.0 Å². The van der Waals surface area contributed by atoms with Crippen LogP contribution in [0.25, 0.3) is 0 Å². The van der Waals surface area contributed by atoms with E-state index in [4.69, 9.17) is 9.47 Å². The van der Waals surface area contributed by atoms with Gasteiger partial charge in [0.25, 0.3) is 0 Å². The molecule has 1 heterocycles. The third kappa shape index (κ3) is 5.35. The van der Waals surface area contributed by atoms with Crippen molar-refractivity contribution in [3.8, 4) is 5.75 Å². The van der Waals surface area contributed by atoms with E-state index in [2.05, 4.69) is 5.32 Å². The Hall–Kier alpha value is -2.42. The average molecular weight is 419 g/mol. The zero-order valence-corrected chi connectivity index (χ0v) is 17.6. The number of carbonyl (C=O) groups is 1. The highest BCUT2D eigenvalue weighted by atomic mass is 32.2. The van der Waals surface area contributed by atoms with E-state index in [9.17, 15) is 13.2 Å². The quantitative estimate of drug-likeness (QED) is 0.780. The lowest BCUT2D eigenvalue weighted by atomic mass is 10.1. The van der Waals surface area contributed by atoms with Crippen LogP contribution >= 0.6 is 0 Å². The number of hydrogen-bond acceptors (Lipinski definition) is 5. The van der Waals surface area contributed by atoms with Crippen LogP contribution in [0.3, 0.4) is 0 Å². The molecule has 1 N–H and O–H groups in total. The van der Waals surface area contributed by atoms with E-state index < -0.39 is 10.0 Å². The normalized spacial score (nSPS) is 20.2. The van der Waals surface area contributed by atoms with Crippen molar-refractivity contribution in [2.75, 3.05) is 25.5 Å². The molecule has 1 amide bonds. The fraction of sp³-hybridized carbons (Fsp3) is 0.381. The molecule has 1 saturated heterocycles. The van der Waals surface area contributed by atoms with Crippen LogP contribution in [0.15, 0.2) is 53.4 Å². The van der Waals surface area contributed by atoms with Gasteiger partial charge >= 0.3 is 0 Å². The Balaban J connectivity index is 1.65. The fourth-order valence-corrected chi connectivity index (χ4v) is 4.95. The summed E-state index contributed by atoms with van der Waals surface area (Å²) in [6, 6.07) is 13.5. The molecule has 29 heavy (non-hydrogen) atoms. The molecule has 3 rings (SSSR count). The van der Waals surface area contributed by atoms with Gasteiger partial charge in [0.05, 0.1) is 30.6 Å². The van der Waals surface area contributed by atoms with Gasteiger partial charge in [-0.2, -0.15) is 4.31 Å². The topological polar surface area (TPSA) is 84.9 Å². The molecule has 0 unspecified atom stereocenters. The van der Waals surface area contributed by atoms with Crippen LogP contribution in [0.2, 0.25) is 0 Å². The maximum Gasteiger partial charge on any atom is 0.243 e. The molecule has 2 aromatic carbocycles. The standard InChI is InChI=1S/C21H26N2O5S/c1-15-13-23(14-16(2)28-15)29(25,26)20-9-7-18(8-10-20)22-21(24)12-17-5-4-6-19(11-17)27-3/h4-11,15-16H,12-14H2,1-3H3,(H,22,24)/t15-,16-/m0/s1. The van der Waals surface area contributed by atoms with Crippen molar-refractivity contribution in [1.29, 1.82) is 0 Å². The van der Waals surface area contributed by atoms with Gasteiger partial charge < -0.3 is 14.8 Å². The van der Waals surface area contributed by atoms with Gasteiger partial charge in [0, 0.05) is 18.8 Å². The van der Waals surface area contributed by atoms with E-state index in [0.29, 0.717) is 24.5 Å². The summed E-state index contributed by atoms with van der Waals surface area (Å²) in [6.07, 6.45) is -0.103. The number of hydrogen-bond donors (Lipinski definition) is 1. The van der Waals surface area contributed by atoms with Crippen molar-refractivity contribution in [3.63, 3.8) is 0 Å². The number of carbonyl (C=O) groups excluding carboxylic acids is 1. The largest absolute Gasteiger partial charge is 0.497 e. The number of sulfonamides is 1. The van der Waals surface area contributed by atoms with Gasteiger partial charge in [0.15, 0.2) is 0 Å². The molecule has 0 bridgehead atoms. The minimum atomic E-state index is -3.60. The van der Waals surface area contributed by atoms with Crippen molar-refractivity contribution in [2.24, 2.45) is 0 Å². The first-order valence-electron chi connectivity index (χ1n) is 9.46. The number of methoxy groups -OCH3 is 1. The molecule has 156 valence electrons. The zero-order valence-electron chi connectivity index (χ0n) is 16.8. The highest BCUT2D eigenvalue weighted by Crippen LogP contribution is 2.22. The van der Waals surface area contributed by atoms with Crippen LogP contribution in [-0.4, -0.2) is 51.0 Å². The summed E-state index contributed by atoms with van der Waals surface area (Å²) in [6.45, 7) is 4.37. The molecular formula is C21H26N2O5S. The van der Waals surface area contributed by atoms with E-state index in [-0.39, 0.29) is 29.4 Å². The van der Waals surface area contributed by atoms with Gasteiger partial charge in [-0.3, -0.25) is 4.79 Å². The van der Waals surface area contributed by atoms with Gasteiger partial charge in [0.1, 0.15) is 5.75 Å². The molecule has 0 aliphatic carbocycles. The van der Waals surface area contributed by atoms with E-state index in [1.54, 1.807) is 25.3 Å². The number of nitrogens with zero attached hydrogens (tertiary/aromatic N) is 1. The molecule has 8 heteroatoms. The number of amides is 1. The second kappa shape index (κ2) is 8.94. The fourth-order valence-electron chi connectivity index (χ4n) is 3.36. The average Bonchev–Trinajstić information content (AvgIpc) is 2.67. The lowest BCUT2D eigenvalue weighted by molar-refractivity contribution is -0.115. The Kier molecular flexibility index (Phi) is 6.56. The molecule has 0 aromatic heterocycles. The Morgan fingerprint density at radius 1 is 1.14 bits per heavy atom. The molecule has 0 spiro atoms. The predicted octanol–water partition coefficient (Wildman–Crippen LogP) is 2.67. The van der Waals surface area contributed by atoms with Crippen LogP contribution in [0, 0.1) is 0 Å². The van der Waals surface area contributed by atoms with Crippen molar-refractivity contribution in [1.82, 2.24) is 4.31 Å². The molecule has 1 aliphatic heterocycles. The summed E-state index contributed by atoms with van der Waals surface area (Å²) >= 11 is 0. The lowest BCUT2D eigenvalue weighted by Crippen LogP contribution is -2.48. The van der Waals surface area contributed by atoms with Crippen molar-refractivity contribution < 1.29 is 22.7 Å². The van der Waals surface area contributed by atoms with Crippen molar-refractivity contribution in [3.05, 3.63) is 54.1 Å². The maximum atomic E-state index is 12.9. The van der Waals surface area contributed by atoms with E-state index in [1.165, 1.54) is 16.4 Å². The molecule has 0 saturated carbocycles. The van der Waals surface area contributed by atoms with Crippen LogP contribution in [0.5, 0.6) is 5.75 Å². The number of anilines is 1. The first-order chi connectivity index (χ1) is 13.8. The second-order valence-electron chi connectivity index (χ2n) is 7.18. The predicted molar refractivity (Wildman–Crippen MR) is 111 cm³/mol. The van der Waals surface area contributed by atoms with Crippen molar-refractivity contribution >= 4 is 21.6 Å². The van der Waals surface area contributed by atoms with Crippen LogP contribution < -0.4 is 10.1 Å². The monoisotopic (exact) mass is 418 g/mol. The number of morpholine rings is 1. The summed E-state index contributed by atoms with van der Waals surface area (Å²) in [5, 5.41) is 2.79. The highest BCUT2D eigenvalue weighted by Gasteiger charge is 2.32. The Morgan fingerprint density at radius 2 is 1.79 bits per heavy atom. The van der Waals surface area contributed by atoms with Gasteiger partial charge in [-0.15, -0.1) is 0 Å². The Morgan fingerprint density at radius 3 is 2.41 bits per heavy atom. The number of nitrogens with one attached hydrogen (secondary N) is 1. The van der Waals surface area contributed by atoms with E-state index in [1.807, 2.05) is 32.0 Å². The first-order valence-corrected chi connectivity index (χ1v) is 10.9. The SMILES string of the molecule is COc1cccc(CC(=O)Nc2ccc(S(=O)(=O)N3C[C@H](C)O[C@@H](C)C3)cc2)c1. The van der Waals surface area contributed by atoms with E-state index >= 15 is 0 Å². The summed E-state index contributed by atoms with van der Waals surface area (Å²) in [5.41, 5.74) is 1.37. The summed E-state index contributed by atoms with van der Waals surface area (Å²) in [7, 11) is -2.03. The molecule has 0 radical (unpaired) electrons.